The number of anilines is 2. The molecule has 11 heteroatoms. The number of oxazole rings is 1. The number of primary amides is 1. The molecule has 0 aliphatic carbocycles. The largest absolute Gasteiger partial charge is 0.472 e. The highest BCUT2D eigenvalue weighted by atomic mass is 16.5. The first-order valence-corrected chi connectivity index (χ1v) is 11.1. The Morgan fingerprint density at radius 1 is 1.17 bits per heavy atom. The topological polar surface area (TPSA) is 133 Å². The second-order valence-electron chi connectivity index (χ2n) is 8.24. The maximum atomic E-state index is 12.4. The fourth-order valence-electron chi connectivity index (χ4n) is 4.28. The molecule has 4 aromatic rings. The van der Waals surface area contributed by atoms with E-state index in [2.05, 4.69) is 9.97 Å². The van der Waals surface area contributed by atoms with E-state index in [0.29, 0.717) is 60.5 Å². The monoisotopic (exact) mass is 474 g/mol. The molecule has 2 aliphatic heterocycles. The molecule has 178 valence electrons. The lowest BCUT2D eigenvalue weighted by Gasteiger charge is -2.28. The number of furan rings is 1. The fourth-order valence-corrected chi connectivity index (χ4v) is 4.28. The number of amides is 1. The molecule has 1 amide bonds. The number of carbonyl (C=O) groups excluding carboxylic acids is 1. The summed E-state index contributed by atoms with van der Waals surface area (Å²) in [5.41, 5.74) is 10.3. The number of nitrogens with two attached hydrogens (primary N) is 1. The summed E-state index contributed by atoms with van der Waals surface area (Å²) in [7, 11) is 0. The van der Waals surface area contributed by atoms with Gasteiger partial charge in [-0.2, -0.15) is 4.98 Å². The van der Waals surface area contributed by atoms with Crippen molar-refractivity contribution in [2.45, 2.75) is 13.2 Å². The van der Waals surface area contributed by atoms with E-state index in [1.165, 1.54) is 6.26 Å². The number of nitrogens with zero attached hydrogens (tertiary/aromatic N) is 5. The zero-order chi connectivity index (χ0) is 23.9. The van der Waals surface area contributed by atoms with Gasteiger partial charge in [-0.15, -0.1) is 0 Å². The molecule has 0 saturated carbocycles. The SMILES string of the molecule is Cc1cc(C2OC=C(C(N)=O)N2c2cc3oc(N4CCOCC4)nc3nc2-c2ccoc2)ccn1. The summed E-state index contributed by atoms with van der Waals surface area (Å²) < 4.78 is 22.8. The molecule has 0 spiro atoms. The van der Waals surface area contributed by atoms with Crippen LogP contribution in [0.4, 0.5) is 11.7 Å². The molecule has 35 heavy (non-hydrogen) atoms. The Hall–Kier alpha value is -4.38. The first-order chi connectivity index (χ1) is 17.1. The van der Waals surface area contributed by atoms with Gasteiger partial charge in [0.05, 0.1) is 31.4 Å². The maximum Gasteiger partial charge on any atom is 0.300 e. The van der Waals surface area contributed by atoms with Gasteiger partial charge in [0, 0.05) is 42.2 Å². The summed E-state index contributed by atoms with van der Waals surface area (Å²) in [6.07, 6.45) is 5.54. The molecule has 6 rings (SSSR count). The van der Waals surface area contributed by atoms with Gasteiger partial charge in [0.15, 0.2) is 5.58 Å². The molecule has 1 unspecified atom stereocenters. The minimum atomic E-state index is -0.661. The summed E-state index contributed by atoms with van der Waals surface area (Å²) in [6, 6.07) is 7.78. The first kappa shape index (κ1) is 21.2. The summed E-state index contributed by atoms with van der Waals surface area (Å²) in [5.74, 6) is -0.636. The second kappa shape index (κ2) is 8.44. The summed E-state index contributed by atoms with van der Waals surface area (Å²) in [4.78, 5) is 29.8. The molecule has 4 aromatic heterocycles. The molecule has 1 atom stereocenters. The Labute approximate surface area is 199 Å². The third-order valence-electron chi connectivity index (χ3n) is 5.95. The number of morpholine rings is 1. The minimum absolute atomic E-state index is 0.184. The van der Waals surface area contributed by atoms with Crippen LogP contribution >= 0.6 is 0 Å². The Balaban J connectivity index is 1.52. The highest BCUT2D eigenvalue weighted by molar-refractivity contribution is 5.98. The third-order valence-corrected chi connectivity index (χ3v) is 5.95. The standard InChI is InChI=1S/C24H22N6O5/c1-14-10-15(2-4-26-14)23-30(18(13-34-23)21(25)31)17-11-19-22(27-20(17)16-3-7-33-12-16)28-24(35-19)29-5-8-32-9-6-29/h2-4,7,10-13,23H,5-6,8-9H2,1H3,(H2,25,31). The van der Waals surface area contributed by atoms with E-state index in [0.717, 1.165) is 11.3 Å². The Bertz CT molecular complexity index is 1420. The van der Waals surface area contributed by atoms with Crippen molar-refractivity contribution in [1.29, 1.82) is 0 Å². The van der Waals surface area contributed by atoms with Crippen LogP contribution < -0.4 is 15.5 Å². The number of hydrogen-bond donors (Lipinski definition) is 1. The van der Waals surface area contributed by atoms with Gasteiger partial charge in [-0.3, -0.25) is 14.7 Å². The average Bonchev–Trinajstić information content (AvgIpc) is 3.63. The van der Waals surface area contributed by atoms with Gasteiger partial charge in [-0.1, -0.05) is 0 Å². The van der Waals surface area contributed by atoms with Gasteiger partial charge in [-0.05, 0) is 25.1 Å². The van der Waals surface area contributed by atoms with E-state index in [4.69, 9.17) is 29.0 Å². The number of aryl methyl sites for hydroxylation is 1. The van der Waals surface area contributed by atoms with Crippen molar-refractivity contribution >= 4 is 28.8 Å². The smallest absolute Gasteiger partial charge is 0.300 e. The molecular weight excluding hydrogens is 452 g/mol. The Morgan fingerprint density at radius 2 is 2.03 bits per heavy atom. The second-order valence-corrected chi connectivity index (χ2v) is 8.24. The molecule has 2 aliphatic rings. The molecule has 6 heterocycles. The predicted molar refractivity (Wildman–Crippen MR) is 125 cm³/mol. The highest BCUT2D eigenvalue weighted by Crippen LogP contribution is 2.43. The molecule has 0 aromatic carbocycles. The predicted octanol–water partition coefficient (Wildman–Crippen LogP) is 2.88. The third kappa shape index (κ3) is 3.75. The van der Waals surface area contributed by atoms with E-state index in [9.17, 15) is 4.79 Å². The maximum absolute atomic E-state index is 12.4. The van der Waals surface area contributed by atoms with Crippen molar-refractivity contribution in [3.8, 4) is 11.3 Å². The molecular formula is C24H22N6O5. The zero-order valence-electron chi connectivity index (χ0n) is 18.9. The molecule has 1 fully saturated rings. The van der Waals surface area contributed by atoms with E-state index >= 15 is 0 Å². The van der Waals surface area contributed by atoms with Gasteiger partial charge in [-0.25, -0.2) is 4.98 Å². The summed E-state index contributed by atoms with van der Waals surface area (Å²) in [5, 5.41) is 0. The Kier molecular flexibility index (Phi) is 5.10. The number of rotatable bonds is 5. The lowest BCUT2D eigenvalue weighted by atomic mass is 10.1. The summed E-state index contributed by atoms with van der Waals surface area (Å²) in [6.45, 7) is 4.43. The fraction of sp³-hybridized carbons (Fsp3) is 0.250. The van der Waals surface area contributed by atoms with Crippen molar-refractivity contribution in [3.63, 3.8) is 0 Å². The van der Waals surface area contributed by atoms with Crippen molar-refractivity contribution in [1.82, 2.24) is 15.0 Å². The lowest BCUT2D eigenvalue weighted by Crippen LogP contribution is -2.36. The average molecular weight is 474 g/mol. The molecule has 0 bridgehead atoms. The number of carbonyl (C=O) groups is 1. The van der Waals surface area contributed by atoms with Gasteiger partial charge in [0.25, 0.3) is 11.9 Å². The quantitative estimate of drug-likeness (QED) is 0.460. The Morgan fingerprint density at radius 3 is 2.77 bits per heavy atom. The van der Waals surface area contributed by atoms with Gasteiger partial charge >= 0.3 is 0 Å². The number of aromatic nitrogens is 3. The molecule has 1 saturated heterocycles. The van der Waals surface area contributed by atoms with Crippen LogP contribution in [0.25, 0.3) is 22.5 Å². The van der Waals surface area contributed by atoms with Crippen LogP contribution in [0.5, 0.6) is 0 Å². The van der Waals surface area contributed by atoms with Crippen molar-refractivity contribution in [2.75, 3.05) is 36.1 Å². The van der Waals surface area contributed by atoms with Gasteiger partial charge in [0.1, 0.15) is 17.7 Å². The minimum Gasteiger partial charge on any atom is -0.472 e. The van der Waals surface area contributed by atoms with Crippen LogP contribution in [-0.4, -0.2) is 47.2 Å². The van der Waals surface area contributed by atoms with E-state index in [-0.39, 0.29) is 5.70 Å². The van der Waals surface area contributed by atoms with Gasteiger partial charge < -0.3 is 28.9 Å². The van der Waals surface area contributed by atoms with Crippen LogP contribution in [0.15, 0.2) is 63.8 Å². The number of pyridine rings is 2. The molecule has 0 radical (unpaired) electrons. The van der Waals surface area contributed by atoms with E-state index < -0.39 is 12.1 Å². The van der Waals surface area contributed by atoms with E-state index in [1.54, 1.807) is 35.8 Å². The van der Waals surface area contributed by atoms with Crippen LogP contribution in [0.2, 0.25) is 0 Å². The van der Waals surface area contributed by atoms with Crippen LogP contribution in [0.1, 0.15) is 17.5 Å². The molecule has 2 N–H and O–H groups in total. The molecule has 11 nitrogen and oxygen atoms in total. The summed E-state index contributed by atoms with van der Waals surface area (Å²) >= 11 is 0. The number of ether oxygens (including phenoxy) is 2. The van der Waals surface area contributed by atoms with Crippen molar-refractivity contribution < 1.29 is 23.1 Å². The van der Waals surface area contributed by atoms with Crippen LogP contribution in [0.3, 0.4) is 0 Å². The van der Waals surface area contributed by atoms with Crippen LogP contribution in [-0.2, 0) is 14.3 Å². The van der Waals surface area contributed by atoms with Crippen molar-refractivity contribution in [2.24, 2.45) is 5.73 Å². The highest BCUT2D eigenvalue weighted by Gasteiger charge is 2.36. The van der Waals surface area contributed by atoms with Gasteiger partial charge in [0.2, 0.25) is 11.9 Å². The van der Waals surface area contributed by atoms with E-state index in [1.807, 2.05) is 24.0 Å². The number of hydrogen-bond acceptors (Lipinski definition) is 10. The first-order valence-electron chi connectivity index (χ1n) is 11.1. The normalized spacial score (nSPS) is 18.1. The van der Waals surface area contributed by atoms with Crippen LogP contribution in [0, 0.1) is 6.92 Å². The lowest BCUT2D eigenvalue weighted by molar-refractivity contribution is -0.114. The zero-order valence-corrected chi connectivity index (χ0v) is 18.9. The number of fused-ring (bicyclic) bond motifs is 1. The van der Waals surface area contributed by atoms with Crippen molar-refractivity contribution in [3.05, 3.63) is 66.2 Å².